The first-order valence-corrected chi connectivity index (χ1v) is 12.1. The minimum absolute atomic E-state index is 0.116. The first-order chi connectivity index (χ1) is 14.8. The molecule has 0 aliphatic carbocycles. The Labute approximate surface area is 201 Å². The van der Waals surface area contributed by atoms with Gasteiger partial charge in [0.2, 0.25) is 0 Å². The third kappa shape index (κ3) is 4.83. The van der Waals surface area contributed by atoms with Crippen LogP contribution in [0.25, 0.3) is 0 Å². The molecular weight excluding hydrogens is 525 g/mol. The number of hydrazone groups is 1. The minimum Gasteiger partial charge on any atom is -0.399 e. The number of amides is 1. The standard InChI is InChI=1S/C23H27ClIN5O/c1-14-4-3-5-15(2)29(14)28-23(31)20-13-22(16-6-8-17(25)9-7-16)30(27-20)21-11-10-18(26)12-19(21)24/h6-12,14-15,22H,3-5,13,26H2,1-2H3,(H,28,31). The highest BCUT2D eigenvalue weighted by Gasteiger charge is 2.35. The number of hydrazine groups is 1. The molecule has 3 atom stereocenters. The van der Waals surface area contributed by atoms with Crippen LogP contribution in [0, 0.1) is 3.57 Å². The lowest BCUT2D eigenvalue weighted by Gasteiger charge is -2.38. The molecule has 0 aromatic heterocycles. The monoisotopic (exact) mass is 551 g/mol. The average molecular weight is 552 g/mol. The number of carbonyl (C=O) groups excluding carboxylic acids is 1. The van der Waals surface area contributed by atoms with E-state index in [-0.39, 0.29) is 11.9 Å². The van der Waals surface area contributed by atoms with Gasteiger partial charge >= 0.3 is 0 Å². The van der Waals surface area contributed by atoms with E-state index < -0.39 is 0 Å². The lowest BCUT2D eigenvalue weighted by molar-refractivity contribution is -0.122. The number of anilines is 2. The zero-order valence-corrected chi connectivity index (χ0v) is 20.6. The molecule has 31 heavy (non-hydrogen) atoms. The molecule has 8 heteroatoms. The molecule has 3 unspecified atom stereocenters. The van der Waals surface area contributed by atoms with Crippen molar-refractivity contribution < 1.29 is 4.79 Å². The fraction of sp³-hybridized carbons (Fsp3) is 0.391. The largest absolute Gasteiger partial charge is 0.399 e. The molecule has 1 saturated heterocycles. The van der Waals surface area contributed by atoms with E-state index in [1.54, 1.807) is 12.1 Å². The molecule has 2 heterocycles. The normalized spacial score (nSPS) is 24.2. The smallest absolute Gasteiger partial charge is 0.281 e. The molecule has 2 aliphatic heterocycles. The van der Waals surface area contributed by atoms with Gasteiger partial charge in [-0.05, 0) is 85.2 Å². The summed E-state index contributed by atoms with van der Waals surface area (Å²) in [5.41, 5.74) is 11.9. The summed E-state index contributed by atoms with van der Waals surface area (Å²) < 4.78 is 1.16. The maximum atomic E-state index is 13.2. The maximum Gasteiger partial charge on any atom is 0.281 e. The van der Waals surface area contributed by atoms with E-state index in [9.17, 15) is 4.79 Å². The summed E-state index contributed by atoms with van der Waals surface area (Å²) in [6, 6.07) is 14.2. The molecule has 3 N–H and O–H groups in total. The Morgan fingerprint density at radius 3 is 2.48 bits per heavy atom. The van der Waals surface area contributed by atoms with E-state index in [0.717, 1.165) is 27.7 Å². The fourth-order valence-corrected chi connectivity index (χ4v) is 4.98. The molecule has 2 aliphatic rings. The summed E-state index contributed by atoms with van der Waals surface area (Å²) in [5, 5.41) is 9.17. The third-order valence-corrected chi connectivity index (χ3v) is 7.09. The summed E-state index contributed by atoms with van der Waals surface area (Å²) >= 11 is 8.80. The van der Waals surface area contributed by atoms with Gasteiger partial charge in [0.15, 0.2) is 0 Å². The van der Waals surface area contributed by atoms with Crippen LogP contribution in [0.3, 0.4) is 0 Å². The van der Waals surface area contributed by atoms with Gasteiger partial charge in [-0.1, -0.05) is 30.2 Å². The highest BCUT2D eigenvalue weighted by molar-refractivity contribution is 14.1. The Kier molecular flexibility index (Phi) is 6.74. The van der Waals surface area contributed by atoms with Gasteiger partial charge in [0, 0.05) is 27.8 Å². The third-order valence-electron chi connectivity index (χ3n) is 6.07. The molecule has 1 amide bonds. The van der Waals surface area contributed by atoms with Gasteiger partial charge in [-0.3, -0.25) is 15.2 Å². The number of nitrogen functional groups attached to an aromatic ring is 1. The summed E-state index contributed by atoms with van der Waals surface area (Å²) in [7, 11) is 0. The molecule has 0 radical (unpaired) electrons. The van der Waals surface area contributed by atoms with Crippen LogP contribution in [0.15, 0.2) is 47.6 Å². The molecule has 2 aromatic rings. The van der Waals surface area contributed by atoms with Gasteiger partial charge in [-0.15, -0.1) is 0 Å². The number of nitrogens with one attached hydrogen (secondary N) is 1. The number of halogens is 2. The summed E-state index contributed by atoms with van der Waals surface area (Å²) in [6.45, 7) is 4.31. The maximum absolute atomic E-state index is 13.2. The topological polar surface area (TPSA) is 74.0 Å². The second kappa shape index (κ2) is 9.34. The van der Waals surface area contributed by atoms with Crippen molar-refractivity contribution in [1.29, 1.82) is 0 Å². The summed E-state index contributed by atoms with van der Waals surface area (Å²) in [5.74, 6) is -0.148. The number of carbonyl (C=O) groups is 1. The van der Waals surface area contributed by atoms with E-state index in [4.69, 9.17) is 22.4 Å². The van der Waals surface area contributed by atoms with Crippen molar-refractivity contribution >= 4 is 57.2 Å². The van der Waals surface area contributed by atoms with Crippen molar-refractivity contribution in [3.63, 3.8) is 0 Å². The quantitative estimate of drug-likeness (QED) is 0.408. The van der Waals surface area contributed by atoms with Gasteiger partial charge in [-0.2, -0.15) is 5.10 Å². The van der Waals surface area contributed by atoms with Crippen LogP contribution in [0.4, 0.5) is 11.4 Å². The average Bonchev–Trinajstić information content (AvgIpc) is 3.16. The predicted octanol–water partition coefficient (Wildman–Crippen LogP) is 5.13. The fourth-order valence-electron chi connectivity index (χ4n) is 4.35. The number of benzene rings is 2. The van der Waals surface area contributed by atoms with Crippen LogP contribution >= 0.6 is 34.2 Å². The van der Waals surface area contributed by atoms with Crippen LogP contribution in [0.1, 0.15) is 51.1 Å². The van der Waals surface area contributed by atoms with E-state index in [2.05, 4.69) is 71.1 Å². The van der Waals surface area contributed by atoms with Crippen molar-refractivity contribution in [2.24, 2.45) is 5.10 Å². The van der Waals surface area contributed by atoms with Gasteiger partial charge in [0.1, 0.15) is 5.71 Å². The SMILES string of the molecule is CC1CCCC(C)N1NC(=O)C1=NN(c2ccc(N)cc2Cl)C(c2ccc(I)cc2)C1. The van der Waals surface area contributed by atoms with Crippen LogP contribution in [0.5, 0.6) is 0 Å². The predicted molar refractivity (Wildman–Crippen MR) is 135 cm³/mol. The van der Waals surface area contributed by atoms with Crippen LogP contribution in [-0.4, -0.2) is 28.7 Å². The molecule has 0 bridgehead atoms. The Balaban J connectivity index is 1.63. The summed E-state index contributed by atoms with van der Waals surface area (Å²) in [4.78, 5) is 13.2. The zero-order chi connectivity index (χ0) is 22.1. The second-order valence-corrected chi connectivity index (χ2v) is 10.0. The molecule has 2 aromatic carbocycles. The van der Waals surface area contributed by atoms with Crippen LogP contribution < -0.4 is 16.2 Å². The Morgan fingerprint density at radius 2 is 1.84 bits per heavy atom. The van der Waals surface area contributed by atoms with Crippen molar-refractivity contribution in [3.05, 3.63) is 56.6 Å². The van der Waals surface area contributed by atoms with Gasteiger partial charge < -0.3 is 5.73 Å². The van der Waals surface area contributed by atoms with E-state index in [1.165, 1.54) is 6.42 Å². The Bertz CT molecular complexity index is 986. The number of hydrogen-bond acceptors (Lipinski definition) is 5. The first-order valence-electron chi connectivity index (χ1n) is 10.6. The lowest BCUT2D eigenvalue weighted by atomic mass is 9.99. The summed E-state index contributed by atoms with van der Waals surface area (Å²) in [6.07, 6.45) is 3.85. The zero-order valence-electron chi connectivity index (χ0n) is 17.7. The van der Waals surface area contributed by atoms with E-state index in [0.29, 0.717) is 34.9 Å². The Morgan fingerprint density at radius 1 is 1.16 bits per heavy atom. The molecule has 0 spiro atoms. The minimum atomic E-state index is -0.148. The van der Waals surface area contributed by atoms with Crippen LogP contribution in [-0.2, 0) is 4.79 Å². The molecule has 0 saturated carbocycles. The number of nitrogens with zero attached hydrogens (tertiary/aromatic N) is 3. The molecule has 4 rings (SSSR count). The number of nitrogens with two attached hydrogens (primary N) is 1. The molecule has 164 valence electrons. The molecule has 6 nitrogen and oxygen atoms in total. The Hall–Kier alpha value is -1.84. The number of rotatable bonds is 4. The van der Waals surface area contributed by atoms with Gasteiger partial charge in [0.05, 0.1) is 16.8 Å². The highest BCUT2D eigenvalue weighted by atomic mass is 127. The second-order valence-electron chi connectivity index (χ2n) is 8.35. The highest BCUT2D eigenvalue weighted by Crippen LogP contribution is 2.39. The van der Waals surface area contributed by atoms with Gasteiger partial charge in [-0.25, -0.2) is 5.01 Å². The van der Waals surface area contributed by atoms with Crippen molar-refractivity contribution in [1.82, 2.24) is 10.4 Å². The number of hydrogen-bond donors (Lipinski definition) is 2. The van der Waals surface area contributed by atoms with Crippen molar-refractivity contribution in [2.45, 2.75) is 57.7 Å². The number of piperidine rings is 1. The molecular formula is C23H27ClIN5O. The molecule has 1 fully saturated rings. The van der Waals surface area contributed by atoms with Gasteiger partial charge in [0.25, 0.3) is 5.91 Å². The van der Waals surface area contributed by atoms with Crippen LogP contribution in [0.2, 0.25) is 5.02 Å². The van der Waals surface area contributed by atoms with Crippen molar-refractivity contribution in [2.75, 3.05) is 10.7 Å². The van der Waals surface area contributed by atoms with Crippen molar-refractivity contribution in [3.8, 4) is 0 Å². The first kappa shape index (κ1) is 22.4. The van der Waals surface area contributed by atoms with E-state index in [1.807, 2.05) is 11.1 Å². The lowest BCUT2D eigenvalue weighted by Crippen LogP contribution is -2.55. The van der Waals surface area contributed by atoms with E-state index >= 15 is 0 Å².